The summed E-state index contributed by atoms with van der Waals surface area (Å²) >= 11 is 13.9. The van der Waals surface area contributed by atoms with Crippen molar-refractivity contribution in [1.82, 2.24) is 20.1 Å². The van der Waals surface area contributed by atoms with E-state index in [1.165, 1.54) is 0 Å². The van der Waals surface area contributed by atoms with Gasteiger partial charge in [-0.25, -0.2) is 0 Å². The fourth-order valence-corrected chi connectivity index (χ4v) is 4.74. The zero-order chi connectivity index (χ0) is 22.5. The van der Waals surface area contributed by atoms with Gasteiger partial charge < -0.3 is 9.88 Å². The molecule has 0 radical (unpaired) electrons. The van der Waals surface area contributed by atoms with E-state index in [4.69, 9.17) is 23.2 Å². The number of rotatable bonds is 8. The molecule has 0 unspecified atom stereocenters. The molecule has 0 saturated carbocycles. The number of amides is 1. The first-order valence-corrected chi connectivity index (χ1v) is 11.9. The summed E-state index contributed by atoms with van der Waals surface area (Å²) in [6.45, 7) is 8.87. The molecule has 31 heavy (non-hydrogen) atoms. The van der Waals surface area contributed by atoms with Gasteiger partial charge in [0.05, 0.1) is 6.04 Å². The minimum atomic E-state index is -0.255. The van der Waals surface area contributed by atoms with E-state index in [-0.39, 0.29) is 17.9 Å². The predicted molar refractivity (Wildman–Crippen MR) is 128 cm³/mol. The van der Waals surface area contributed by atoms with Crippen molar-refractivity contribution in [2.45, 2.75) is 51.2 Å². The highest BCUT2D eigenvalue weighted by molar-refractivity contribution is 7.98. The number of aromatic nitrogens is 3. The van der Waals surface area contributed by atoms with Crippen molar-refractivity contribution in [2.24, 2.45) is 5.92 Å². The van der Waals surface area contributed by atoms with Crippen LogP contribution in [-0.2, 0) is 12.3 Å². The van der Waals surface area contributed by atoms with E-state index < -0.39 is 0 Å². The Morgan fingerprint density at radius 2 is 1.84 bits per heavy atom. The number of carbonyl (C=O) groups is 1. The van der Waals surface area contributed by atoms with Crippen molar-refractivity contribution in [3.63, 3.8) is 0 Å². The average molecular weight is 477 g/mol. The molecule has 3 aromatic rings. The van der Waals surface area contributed by atoms with Crippen molar-refractivity contribution in [3.05, 3.63) is 75.0 Å². The van der Waals surface area contributed by atoms with E-state index in [1.807, 2.05) is 50.2 Å². The first-order chi connectivity index (χ1) is 14.8. The predicted octanol–water partition coefficient (Wildman–Crippen LogP) is 6.33. The lowest BCUT2D eigenvalue weighted by Gasteiger charge is -2.22. The Labute approximate surface area is 197 Å². The number of carbonyl (C=O) groups excluding carboxylic acids is 1. The minimum absolute atomic E-state index is 0.119. The molecule has 0 aliphatic rings. The molecule has 0 saturated heterocycles. The maximum atomic E-state index is 12.8. The Morgan fingerprint density at radius 1 is 1.13 bits per heavy atom. The highest BCUT2D eigenvalue weighted by Gasteiger charge is 2.26. The summed E-state index contributed by atoms with van der Waals surface area (Å²) in [7, 11) is 0. The number of halogens is 2. The summed E-state index contributed by atoms with van der Waals surface area (Å²) in [5, 5.41) is 14.0. The van der Waals surface area contributed by atoms with E-state index in [1.54, 1.807) is 17.8 Å². The summed E-state index contributed by atoms with van der Waals surface area (Å²) in [6.07, 6.45) is 0. The Hall–Kier alpha value is -2.02. The molecule has 0 bridgehead atoms. The number of aryl methyl sites for hydroxylation is 1. The largest absolute Gasteiger partial charge is 0.342 e. The van der Waals surface area contributed by atoms with Gasteiger partial charge in [-0.3, -0.25) is 4.79 Å². The van der Waals surface area contributed by atoms with Gasteiger partial charge in [-0.1, -0.05) is 72.6 Å². The van der Waals surface area contributed by atoms with Crippen LogP contribution >= 0.6 is 35.0 Å². The van der Waals surface area contributed by atoms with E-state index in [0.29, 0.717) is 27.9 Å². The number of nitrogens with zero attached hydrogens (tertiary/aromatic N) is 3. The molecule has 1 aromatic heterocycles. The maximum Gasteiger partial charge on any atom is 0.251 e. The van der Waals surface area contributed by atoms with Crippen molar-refractivity contribution < 1.29 is 4.79 Å². The normalized spacial score (nSPS) is 12.2. The van der Waals surface area contributed by atoms with Crippen molar-refractivity contribution in [3.8, 4) is 0 Å². The van der Waals surface area contributed by atoms with Crippen LogP contribution in [0.4, 0.5) is 0 Å². The SMILES string of the molecule is CCn1c(SCc2ccc(Cl)cc2Cl)nnc1[C@H](NC(=O)c1ccc(C)cc1)C(C)C. The highest BCUT2D eigenvalue weighted by atomic mass is 35.5. The van der Waals surface area contributed by atoms with E-state index in [0.717, 1.165) is 22.1 Å². The second-order valence-corrected chi connectivity index (χ2v) is 9.46. The summed E-state index contributed by atoms with van der Waals surface area (Å²) in [5.41, 5.74) is 2.73. The fourth-order valence-electron chi connectivity index (χ4n) is 3.17. The zero-order valence-corrected chi connectivity index (χ0v) is 20.4. The molecule has 5 nitrogen and oxygen atoms in total. The van der Waals surface area contributed by atoms with Crippen LogP contribution in [0.3, 0.4) is 0 Å². The smallest absolute Gasteiger partial charge is 0.251 e. The molecule has 1 atom stereocenters. The summed E-state index contributed by atoms with van der Waals surface area (Å²) < 4.78 is 2.05. The molecular weight excluding hydrogens is 451 g/mol. The summed E-state index contributed by atoms with van der Waals surface area (Å²) in [4.78, 5) is 12.8. The first kappa shape index (κ1) is 23.6. The molecule has 1 N–H and O–H groups in total. The molecule has 0 aliphatic carbocycles. The maximum absolute atomic E-state index is 12.8. The third-order valence-corrected chi connectivity index (χ3v) is 6.58. The second-order valence-electron chi connectivity index (χ2n) is 7.67. The second kappa shape index (κ2) is 10.5. The molecule has 1 amide bonds. The monoisotopic (exact) mass is 476 g/mol. The number of benzene rings is 2. The lowest BCUT2D eigenvalue weighted by molar-refractivity contribution is 0.0922. The number of thioether (sulfide) groups is 1. The van der Waals surface area contributed by atoms with Gasteiger partial charge in [0, 0.05) is 27.9 Å². The lowest BCUT2D eigenvalue weighted by atomic mass is 10.0. The molecule has 0 aliphatic heterocycles. The van der Waals surface area contributed by atoms with Crippen LogP contribution in [0.25, 0.3) is 0 Å². The van der Waals surface area contributed by atoms with Crippen molar-refractivity contribution in [1.29, 1.82) is 0 Å². The van der Waals surface area contributed by atoms with Crippen LogP contribution < -0.4 is 5.32 Å². The Morgan fingerprint density at radius 3 is 2.45 bits per heavy atom. The van der Waals surface area contributed by atoms with E-state index in [9.17, 15) is 4.79 Å². The van der Waals surface area contributed by atoms with Gasteiger partial charge in [0.1, 0.15) is 0 Å². The lowest BCUT2D eigenvalue weighted by Crippen LogP contribution is -2.33. The third kappa shape index (κ3) is 5.82. The van der Waals surface area contributed by atoms with Gasteiger partial charge in [-0.2, -0.15) is 0 Å². The van der Waals surface area contributed by atoms with Crippen LogP contribution in [0, 0.1) is 12.8 Å². The van der Waals surface area contributed by atoms with Crippen molar-refractivity contribution in [2.75, 3.05) is 0 Å². The Balaban J connectivity index is 1.80. The molecule has 8 heteroatoms. The third-order valence-electron chi connectivity index (χ3n) is 4.98. The number of hydrogen-bond donors (Lipinski definition) is 1. The molecule has 3 rings (SSSR count). The summed E-state index contributed by atoms with van der Waals surface area (Å²) in [5.74, 6) is 1.43. The van der Waals surface area contributed by atoms with Gasteiger partial charge in [0.2, 0.25) is 0 Å². The van der Waals surface area contributed by atoms with Crippen LogP contribution in [-0.4, -0.2) is 20.7 Å². The van der Waals surface area contributed by atoms with E-state index >= 15 is 0 Å². The van der Waals surface area contributed by atoms with Gasteiger partial charge in [0.15, 0.2) is 11.0 Å². The number of nitrogens with one attached hydrogen (secondary N) is 1. The molecule has 2 aromatic carbocycles. The van der Waals surface area contributed by atoms with Crippen LogP contribution in [0.2, 0.25) is 10.0 Å². The van der Waals surface area contributed by atoms with Crippen LogP contribution in [0.1, 0.15) is 54.1 Å². The standard InChI is InChI=1S/C23H26Cl2N4OS/c1-5-29-21(20(14(2)3)26-22(30)16-8-6-15(4)7-9-16)27-28-23(29)31-13-17-10-11-18(24)12-19(17)25/h6-12,14,20H,5,13H2,1-4H3,(H,26,30)/t20-/m1/s1. The molecule has 1 heterocycles. The minimum Gasteiger partial charge on any atom is -0.342 e. The molecule has 0 spiro atoms. The van der Waals surface area contributed by atoms with Crippen LogP contribution in [0.5, 0.6) is 0 Å². The van der Waals surface area contributed by atoms with Gasteiger partial charge in [-0.05, 0) is 49.6 Å². The van der Waals surface area contributed by atoms with Crippen LogP contribution in [0.15, 0.2) is 47.6 Å². The highest BCUT2D eigenvalue weighted by Crippen LogP contribution is 2.30. The fraction of sp³-hybridized carbons (Fsp3) is 0.348. The van der Waals surface area contributed by atoms with Gasteiger partial charge >= 0.3 is 0 Å². The topological polar surface area (TPSA) is 59.8 Å². The number of hydrogen-bond acceptors (Lipinski definition) is 4. The Bertz CT molecular complexity index is 1050. The molecule has 0 fully saturated rings. The van der Waals surface area contributed by atoms with Gasteiger partial charge in [0.25, 0.3) is 5.91 Å². The zero-order valence-electron chi connectivity index (χ0n) is 18.0. The summed E-state index contributed by atoms with van der Waals surface area (Å²) in [6, 6.07) is 12.8. The van der Waals surface area contributed by atoms with E-state index in [2.05, 4.69) is 33.9 Å². The molecule has 164 valence electrons. The Kier molecular flexibility index (Phi) is 8.03. The van der Waals surface area contributed by atoms with Crippen molar-refractivity contribution >= 4 is 40.9 Å². The molecular formula is C23H26Cl2N4OS. The van der Waals surface area contributed by atoms with Gasteiger partial charge in [-0.15, -0.1) is 10.2 Å². The quantitative estimate of drug-likeness (QED) is 0.385. The first-order valence-electron chi connectivity index (χ1n) is 10.2. The average Bonchev–Trinajstić information content (AvgIpc) is 3.14.